The number of benzene rings is 1. The highest BCUT2D eigenvalue weighted by Gasteiger charge is 2.12. The molecule has 6 nitrogen and oxygen atoms in total. The fourth-order valence-electron chi connectivity index (χ4n) is 1.77. The highest BCUT2D eigenvalue weighted by molar-refractivity contribution is 6.32. The van der Waals surface area contributed by atoms with Crippen LogP contribution in [0.25, 0.3) is 0 Å². The molecule has 0 fully saturated rings. The number of furan rings is 1. The van der Waals surface area contributed by atoms with Crippen molar-refractivity contribution in [2.24, 2.45) is 0 Å². The third-order valence-electron chi connectivity index (χ3n) is 2.80. The molecule has 2 rings (SSSR count). The van der Waals surface area contributed by atoms with Gasteiger partial charge in [-0.05, 0) is 12.1 Å². The normalized spacial score (nSPS) is 10.2. The molecule has 0 unspecified atom stereocenters. The molecule has 0 saturated carbocycles. The number of carbonyl (C=O) groups is 1. The molecule has 1 heterocycles. The van der Waals surface area contributed by atoms with E-state index in [0.29, 0.717) is 34.5 Å². The number of hydrogen-bond acceptors (Lipinski definition) is 5. The summed E-state index contributed by atoms with van der Waals surface area (Å²) in [5.74, 6) is 0.333. The highest BCUT2D eigenvalue weighted by atomic mass is 35.5. The molecule has 0 aliphatic carbocycles. The fraction of sp³-hybridized carbons (Fsp3) is 0.214. The van der Waals surface area contributed by atoms with Crippen molar-refractivity contribution in [2.75, 3.05) is 19.5 Å². The molecule has 0 aliphatic heterocycles. The number of halogens is 1. The van der Waals surface area contributed by atoms with Crippen LogP contribution in [0.15, 0.2) is 28.7 Å². The van der Waals surface area contributed by atoms with Gasteiger partial charge in [0.2, 0.25) is 5.76 Å². The Morgan fingerprint density at radius 2 is 2.00 bits per heavy atom. The summed E-state index contributed by atoms with van der Waals surface area (Å²) in [5, 5.41) is 12.3. The predicted octanol–water partition coefficient (Wildman–Crippen LogP) is 3.26. The standard InChI is InChI=1S/C14H14ClNO5/c1-19-12-6-10(13(20-2)5-9(12)15)16-7-8-3-4-11(21-8)14(17)18/h3-6,16H,7H2,1-2H3,(H,17,18). The third-order valence-corrected chi connectivity index (χ3v) is 3.09. The fourth-order valence-corrected chi connectivity index (χ4v) is 2.00. The number of carboxylic acids is 1. The molecule has 1 aromatic carbocycles. The summed E-state index contributed by atoms with van der Waals surface area (Å²) in [4.78, 5) is 10.7. The van der Waals surface area contributed by atoms with Gasteiger partial charge in [-0.15, -0.1) is 0 Å². The van der Waals surface area contributed by atoms with Gasteiger partial charge >= 0.3 is 5.97 Å². The topological polar surface area (TPSA) is 80.9 Å². The van der Waals surface area contributed by atoms with Crippen LogP contribution in [0.1, 0.15) is 16.3 Å². The molecule has 7 heteroatoms. The Hall–Kier alpha value is -2.34. The monoisotopic (exact) mass is 311 g/mol. The molecule has 0 bridgehead atoms. The van der Waals surface area contributed by atoms with Gasteiger partial charge < -0.3 is 24.3 Å². The zero-order valence-electron chi connectivity index (χ0n) is 11.5. The van der Waals surface area contributed by atoms with Crippen molar-refractivity contribution in [3.63, 3.8) is 0 Å². The van der Waals surface area contributed by atoms with E-state index in [4.69, 9.17) is 30.6 Å². The Morgan fingerprint density at radius 1 is 1.29 bits per heavy atom. The number of ether oxygens (including phenoxy) is 2. The molecule has 21 heavy (non-hydrogen) atoms. The molecule has 0 saturated heterocycles. The van der Waals surface area contributed by atoms with E-state index in [9.17, 15) is 4.79 Å². The lowest BCUT2D eigenvalue weighted by molar-refractivity contribution is 0.0660. The first-order chi connectivity index (χ1) is 10.0. The molecule has 0 amide bonds. The molecule has 2 aromatic rings. The van der Waals surface area contributed by atoms with E-state index in [1.54, 1.807) is 18.2 Å². The SMILES string of the molecule is COc1cc(NCc2ccc(C(=O)O)o2)c(OC)cc1Cl. The van der Waals surface area contributed by atoms with Gasteiger partial charge in [-0.25, -0.2) is 4.79 Å². The van der Waals surface area contributed by atoms with Crippen LogP contribution in [-0.2, 0) is 6.54 Å². The minimum absolute atomic E-state index is 0.104. The summed E-state index contributed by atoms with van der Waals surface area (Å²) in [6.45, 7) is 0.300. The zero-order valence-corrected chi connectivity index (χ0v) is 12.2. The van der Waals surface area contributed by atoms with Crippen molar-refractivity contribution in [2.45, 2.75) is 6.54 Å². The number of anilines is 1. The molecule has 0 spiro atoms. The van der Waals surface area contributed by atoms with Gasteiger partial charge in [0, 0.05) is 12.1 Å². The van der Waals surface area contributed by atoms with Crippen molar-refractivity contribution in [1.82, 2.24) is 0 Å². The van der Waals surface area contributed by atoms with Crippen molar-refractivity contribution in [3.05, 3.63) is 40.8 Å². The quantitative estimate of drug-likeness (QED) is 0.852. The average molecular weight is 312 g/mol. The van der Waals surface area contributed by atoms with Crippen LogP contribution < -0.4 is 14.8 Å². The zero-order chi connectivity index (χ0) is 15.4. The third kappa shape index (κ3) is 3.41. The highest BCUT2D eigenvalue weighted by Crippen LogP contribution is 2.36. The maximum Gasteiger partial charge on any atom is 0.371 e. The summed E-state index contributed by atoms with van der Waals surface area (Å²) >= 11 is 6.02. The summed E-state index contributed by atoms with van der Waals surface area (Å²) in [6, 6.07) is 6.32. The lowest BCUT2D eigenvalue weighted by atomic mass is 10.2. The van der Waals surface area contributed by atoms with Crippen LogP contribution in [0.2, 0.25) is 5.02 Å². The van der Waals surface area contributed by atoms with Crippen LogP contribution in [0.3, 0.4) is 0 Å². The van der Waals surface area contributed by atoms with E-state index in [-0.39, 0.29) is 5.76 Å². The van der Waals surface area contributed by atoms with Crippen molar-refractivity contribution in [3.8, 4) is 11.5 Å². The second-order valence-corrected chi connectivity index (χ2v) is 4.52. The van der Waals surface area contributed by atoms with Crippen LogP contribution in [-0.4, -0.2) is 25.3 Å². The Labute approximate surface area is 126 Å². The van der Waals surface area contributed by atoms with Crippen molar-refractivity contribution < 1.29 is 23.8 Å². The van der Waals surface area contributed by atoms with Gasteiger partial charge in [-0.2, -0.15) is 0 Å². The first-order valence-electron chi connectivity index (χ1n) is 6.02. The van der Waals surface area contributed by atoms with Crippen LogP contribution >= 0.6 is 11.6 Å². The van der Waals surface area contributed by atoms with Crippen LogP contribution in [0.5, 0.6) is 11.5 Å². The second kappa shape index (κ2) is 6.41. The average Bonchev–Trinajstić information content (AvgIpc) is 2.94. The first-order valence-corrected chi connectivity index (χ1v) is 6.40. The number of carboxylic acid groups (broad SMARTS) is 1. The maximum absolute atomic E-state index is 10.7. The summed E-state index contributed by atoms with van der Waals surface area (Å²) in [7, 11) is 3.04. The van der Waals surface area contributed by atoms with Gasteiger partial charge in [0.15, 0.2) is 0 Å². The molecule has 2 N–H and O–H groups in total. The molecule has 1 aromatic heterocycles. The number of rotatable bonds is 6. The predicted molar refractivity (Wildman–Crippen MR) is 77.6 cm³/mol. The smallest absolute Gasteiger partial charge is 0.371 e. The number of aromatic carboxylic acids is 1. The molecule has 0 aliphatic rings. The van der Waals surface area contributed by atoms with E-state index in [0.717, 1.165) is 0 Å². The minimum atomic E-state index is -1.10. The Balaban J connectivity index is 2.16. The van der Waals surface area contributed by atoms with E-state index in [1.807, 2.05) is 0 Å². The summed E-state index contributed by atoms with van der Waals surface area (Å²) in [5.41, 5.74) is 0.659. The maximum atomic E-state index is 10.7. The van der Waals surface area contributed by atoms with Crippen molar-refractivity contribution in [1.29, 1.82) is 0 Å². The number of methoxy groups -OCH3 is 2. The van der Waals surface area contributed by atoms with E-state index >= 15 is 0 Å². The Morgan fingerprint density at radius 3 is 2.57 bits per heavy atom. The van der Waals surface area contributed by atoms with E-state index < -0.39 is 5.97 Å². The van der Waals surface area contributed by atoms with Gasteiger partial charge in [-0.1, -0.05) is 11.6 Å². The number of hydrogen-bond donors (Lipinski definition) is 2. The van der Waals surface area contributed by atoms with Crippen LogP contribution in [0.4, 0.5) is 5.69 Å². The Kier molecular flexibility index (Phi) is 4.59. The first kappa shape index (κ1) is 15.1. The molecule has 0 radical (unpaired) electrons. The minimum Gasteiger partial charge on any atom is -0.495 e. The second-order valence-electron chi connectivity index (χ2n) is 4.11. The van der Waals surface area contributed by atoms with E-state index in [1.165, 1.54) is 20.3 Å². The van der Waals surface area contributed by atoms with Gasteiger partial charge in [0.05, 0.1) is 31.5 Å². The van der Waals surface area contributed by atoms with E-state index in [2.05, 4.69) is 5.32 Å². The number of nitrogens with one attached hydrogen (secondary N) is 1. The molecular formula is C14H14ClNO5. The molecule has 112 valence electrons. The van der Waals surface area contributed by atoms with Crippen molar-refractivity contribution >= 4 is 23.3 Å². The van der Waals surface area contributed by atoms with Gasteiger partial charge in [0.1, 0.15) is 17.3 Å². The lowest BCUT2D eigenvalue weighted by Crippen LogP contribution is -2.01. The largest absolute Gasteiger partial charge is 0.495 e. The lowest BCUT2D eigenvalue weighted by Gasteiger charge is -2.13. The Bertz CT molecular complexity index is 653. The summed E-state index contributed by atoms with van der Waals surface area (Å²) < 4.78 is 15.5. The van der Waals surface area contributed by atoms with Gasteiger partial charge in [0.25, 0.3) is 0 Å². The summed E-state index contributed by atoms with van der Waals surface area (Å²) in [6.07, 6.45) is 0. The van der Waals surface area contributed by atoms with Gasteiger partial charge in [-0.3, -0.25) is 0 Å². The molecule has 0 atom stereocenters. The van der Waals surface area contributed by atoms with Crippen LogP contribution in [0, 0.1) is 0 Å². The molecular weight excluding hydrogens is 298 g/mol.